The molecule has 7 heteroatoms. The zero-order chi connectivity index (χ0) is 18.8. The van der Waals surface area contributed by atoms with Crippen LogP contribution in [-0.4, -0.2) is 54.7 Å². The van der Waals surface area contributed by atoms with Gasteiger partial charge in [0.25, 0.3) is 0 Å². The number of amides is 1. The first kappa shape index (κ1) is 28.1. The van der Waals surface area contributed by atoms with E-state index in [0.29, 0.717) is 32.6 Å². The molecular formula is C19H37N2NaO4. The first-order valence-corrected chi connectivity index (χ1v) is 9.91. The predicted molar refractivity (Wildman–Crippen MR) is 98.0 cm³/mol. The van der Waals surface area contributed by atoms with E-state index in [1.807, 2.05) is 0 Å². The SMILES string of the molecule is CCCCCCCCCCCC(=O)N(CCO)CCNCCC(=O)[O-].[Na+]. The molecule has 0 saturated heterocycles. The number of carboxylic acids is 1. The fourth-order valence-electron chi connectivity index (χ4n) is 2.76. The molecule has 0 aromatic rings. The van der Waals surface area contributed by atoms with Crippen molar-refractivity contribution < 1.29 is 49.4 Å². The number of aliphatic carboxylic acids is 1. The summed E-state index contributed by atoms with van der Waals surface area (Å²) in [6.07, 6.45) is 11.5. The summed E-state index contributed by atoms with van der Waals surface area (Å²) in [5, 5.41) is 22.4. The molecule has 0 heterocycles. The van der Waals surface area contributed by atoms with Gasteiger partial charge in [0.2, 0.25) is 5.91 Å². The smallest absolute Gasteiger partial charge is 0.550 e. The summed E-state index contributed by atoms with van der Waals surface area (Å²) in [6, 6.07) is 0. The monoisotopic (exact) mass is 380 g/mol. The van der Waals surface area contributed by atoms with Crippen LogP contribution in [0.3, 0.4) is 0 Å². The Labute approximate surface area is 181 Å². The topological polar surface area (TPSA) is 92.7 Å². The van der Waals surface area contributed by atoms with Crippen LogP contribution >= 0.6 is 0 Å². The van der Waals surface area contributed by atoms with Crippen LogP contribution in [0.1, 0.15) is 77.6 Å². The van der Waals surface area contributed by atoms with Gasteiger partial charge in [-0.3, -0.25) is 4.79 Å². The number of aliphatic hydroxyl groups is 1. The minimum Gasteiger partial charge on any atom is -0.550 e. The standard InChI is InChI=1S/C19H38N2O4.Na/c1-2-3-4-5-6-7-8-9-10-11-18(23)21(16-17-22)15-14-20-13-12-19(24)25;/h20,22H,2-17H2,1H3,(H,24,25);/q;+1/p-1. The Bertz CT molecular complexity index is 344. The van der Waals surface area contributed by atoms with Gasteiger partial charge in [0.15, 0.2) is 0 Å². The number of hydrogen-bond acceptors (Lipinski definition) is 5. The predicted octanol–water partition coefficient (Wildman–Crippen LogP) is -1.54. The van der Waals surface area contributed by atoms with Gasteiger partial charge in [-0.1, -0.05) is 58.3 Å². The molecule has 0 aliphatic rings. The van der Waals surface area contributed by atoms with Crippen LogP contribution in [0.15, 0.2) is 0 Å². The Morgan fingerprint density at radius 3 is 2.00 bits per heavy atom. The van der Waals surface area contributed by atoms with Gasteiger partial charge >= 0.3 is 29.6 Å². The molecule has 0 atom stereocenters. The Morgan fingerprint density at radius 2 is 1.46 bits per heavy atom. The van der Waals surface area contributed by atoms with E-state index in [0.717, 1.165) is 12.8 Å². The van der Waals surface area contributed by atoms with E-state index in [1.165, 1.54) is 44.9 Å². The molecular weight excluding hydrogens is 343 g/mol. The van der Waals surface area contributed by atoms with Crippen molar-refractivity contribution in [3.63, 3.8) is 0 Å². The average Bonchev–Trinajstić information content (AvgIpc) is 2.58. The Hall–Kier alpha value is -0.140. The minimum atomic E-state index is -1.08. The number of nitrogens with zero attached hydrogens (tertiary/aromatic N) is 1. The molecule has 0 aromatic carbocycles. The molecule has 0 spiro atoms. The maximum atomic E-state index is 12.2. The normalized spacial score (nSPS) is 10.4. The molecule has 2 N–H and O–H groups in total. The van der Waals surface area contributed by atoms with Crippen LogP contribution < -0.4 is 40.0 Å². The quantitative estimate of drug-likeness (QED) is 0.222. The maximum absolute atomic E-state index is 12.2. The molecule has 0 rings (SSSR count). The third-order valence-corrected chi connectivity index (χ3v) is 4.28. The second kappa shape index (κ2) is 21.2. The summed E-state index contributed by atoms with van der Waals surface area (Å²) in [5.41, 5.74) is 0. The molecule has 0 bridgehead atoms. The number of hydrogen-bond donors (Lipinski definition) is 2. The third-order valence-electron chi connectivity index (χ3n) is 4.28. The molecule has 0 aliphatic carbocycles. The van der Waals surface area contributed by atoms with Crippen LogP contribution in [0.4, 0.5) is 0 Å². The van der Waals surface area contributed by atoms with Gasteiger partial charge in [-0.05, 0) is 12.8 Å². The summed E-state index contributed by atoms with van der Waals surface area (Å²) >= 11 is 0. The first-order valence-electron chi connectivity index (χ1n) is 9.91. The summed E-state index contributed by atoms with van der Waals surface area (Å²) in [7, 11) is 0. The second-order valence-electron chi connectivity index (χ2n) is 6.55. The van der Waals surface area contributed by atoms with Gasteiger partial charge < -0.3 is 25.2 Å². The maximum Gasteiger partial charge on any atom is 1.00 e. The van der Waals surface area contributed by atoms with E-state index < -0.39 is 5.97 Å². The molecule has 26 heavy (non-hydrogen) atoms. The van der Waals surface area contributed by atoms with Crippen molar-refractivity contribution in [2.75, 3.05) is 32.8 Å². The fraction of sp³-hybridized carbons (Fsp3) is 0.895. The summed E-state index contributed by atoms with van der Waals surface area (Å²) in [6.45, 7) is 3.85. The van der Waals surface area contributed by atoms with Crippen molar-refractivity contribution in [2.45, 2.75) is 77.6 Å². The molecule has 0 fully saturated rings. The van der Waals surface area contributed by atoms with Gasteiger partial charge in [0, 0.05) is 38.6 Å². The summed E-state index contributed by atoms with van der Waals surface area (Å²) < 4.78 is 0. The van der Waals surface area contributed by atoms with Crippen LogP contribution in [0.25, 0.3) is 0 Å². The van der Waals surface area contributed by atoms with Crippen molar-refractivity contribution >= 4 is 11.9 Å². The van der Waals surface area contributed by atoms with E-state index >= 15 is 0 Å². The zero-order valence-corrected chi connectivity index (χ0v) is 18.9. The number of nitrogens with one attached hydrogen (secondary N) is 1. The summed E-state index contributed by atoms with van der Waals surface area (Å²) in [4.78, 5) is 24.2. The molecule has 0 saturated carbocycles. The van der Waals surface area contributed by atoms with E-state index in [2.05, 4.69) is 12.2 Å². The van der Waals surface area contributed by atoms with Crippen molar-refractivity contribution in [3.05, 3.63) is 0 Å². The molecule has 0 aromatic heterocycles. The molecule has 148 valence electrons. The van der Waals surface area contributed by atoms with Crippen molar-refractivity contribution in [2.24, 2.45) is 0 Å². The van der Waals surface area contributed by atoms with Gasteiger partial charge in [0.05, 0.1) is 6.61 Å². The van der Waals surface area contributed by atoms with Crippen molar-refractivity contribution in [3.8, 4) is 0 Å². The number of carbonyl (C=O) groups is 2. The molecule has 0 radical (unpaired) electrons. The summed E-state index contributed by atoms with van der Waals surface area (Å²) in [5.74, 6) is -1.01. The van der Waals surface area contributed by atoms with E-state index in [1.54, 1.807) is 4.90 Å². The van der Waals surface area contributed by atoms with Gasteiger partial charge in [0.1, 0.15) is 0 Å². The minimum absolute atomic E-state index is 0. The number of carbonyl (C=O) groups excluding carboxylic acids is 2. The van der Waals surface area contributed by atoms with E-state index in [4.69, 9.17) is 5.11 Å². The Balaban J connectivity index is 0. The van der Waals surface area contributed by atoms with E-state index in [9.17, 15) is 14.7 Å². The van der Waals surface area contributed by atoms with Gasteiger partial charge in [-0.2, -0.15) is 0 Å². The third kappa shape index (κ3) is 18.6. The first-order chi connectivity index (χ1) is 12.1. The second-order valence-corrected chi connectivity index (χ2v) is 6.55. The molecule has 1 amide bonds. The Kier molecular flexibility index (Phi) is 22.9. The molecule has 0 unspecified atom stereocenters. The van der Waals surface area contributed by atoms with Crippen LogP contribution in [-0.2, 0) is 9.59 Å². The van der Waals surface area contributed by atoms with Gasteiger partial charge in [-0.25, -0.2) is 0 Å². The van der Waals surface area contributed by atoms with Crippen molar-refractivity contribution in [1.29, 1.82) is 0 Å². The van der Waals surface area contributed by atoms with Crippen LogP contribution in [0.2, 0.25) is 0 Å². The number of carboxylic acid groups (broad SMARTS) is 1. The number of aliphatic hydroxyl groups excluding tert-OH is 1. The fourth-order valence-corrected chi connectivity index (χ4v) is 2.76. The van der Waals surface area contributed by atoms with Crippen molar-refractivity contribution in [1.82, 2.24) is 10.2 Å². The average molecular weight is 381 g/mol. The zero-order valence-electron chi connectivity index (χ0n) is 16.9. The largest absolute Gasteiger partial charge is 1.00 e. The van der Waals surface area contributed by atoms with Crippen LogP contribution in [0, 0.1) is 0 Å². The number of unbranched alkanes of at least 4 members (excludes halogenated alkanes) is 8. The Morgan fingerprint density at radius 1 is 0.885 bits per heavy atom. The van der Waals surface area contributed by atoms with Crippen LogP contribution in [0.5, 0.6) is 0 Å². The van der Waals surface area contributed by atoms with Gasteiger partial charge in [-0.15, -0.1) is 0 Å². The van der Waals surface area contributed by atoms with E-state index in [-0.39, 0.29) is 48.5 Å². The molecule has 0 aliphatic heterocycles. The molecule has 6 nitrogen and oxygen atoms in total. The number of rotatable bonds is 18.